The van der Waals surface area contributed by atoms with Crippen LogP contribution in [0.1, 0.15) is 10.5 Å². The maximum Gasteiger partial charge on any atom is 0.273 e. The number of carbonyl (C=O) groups excluding carboxylic acids is 1. The largest absolute Gasteiger partial charge is 0.493 e. The predicted octanol–water partition coefficient (Wildman–Crippen LogP) is 0.840. The van der Waals surface area contributed by atoms with E-state index in [1.54, 1.807) is 14.1 Å². The Kier molecular flexibility index (Phi) is 3.24. The van der Waals surface area contributed by atoms with E-state index in [-0.39, 0.29) is 16.8 Å². The molecule has 0 aliphatic heterocycles. The van der Waals surface area contributed by atoms with Gasteiger partial charge in [0.2, 0.25) is 0 Å². The van der Waals surface area contributed by atoms with Crippen molar-refractivity contribution in [1.29, 1.82) is 0 Å². The Hall–Kier alpha value is -1.36. The van der Waals surface area contributed by atoms with Crippen molar-refractivity contribution in [3.63, 3.8) is 0 Å². The highest BCUT2D eigenvalue weighted by Crippen LogP contribution is 2.20. The van der Waals surface area contributed by atoms with E-state index in [2.05, 4.69) is 10.2 Å². The standard InChI is InChI=1S/C8H10ClN3O2/c1-12(2)8(13)5-4-6(14-3)7(9)11-10-5/h4H,1-3H3. The van der Waals surface area contributed by atoms with Crippen molar-refractivity contribution >= 4 is 17.5 Å². The van der Waals surface area contributed by atoms with E-state index in [4.69, 9.17) is 16.3 Å². The summed E-state index contributed by atoms with van der Waals surface area (Å²) in [6, 6.07) is 1.46. The van der Waals surface area contributed by atoms with Gasteiger partial charge in [-0.25, -0.2) is 0 Å². The second kappa shape index (κ2) is 4.23. The molecule has 1 aromatic rings. The Morgan fingerprint density at radius 1 is 1.50 bits per heavy atom. The fourth-order valence-electron chi connectivity index (χ4n) is 0.836. The molecule has 6 heteroatoms. The van der Waals surface area contributed by atoms with Crippen LogP contribution in [-0.4, -0.2) is 42.2 Å². The van der Waals surface area contributed by atoms with Crippen LogP contribution in [0.25, 0.3) is 0 Å². The van der Waals surface area contributed by atoms with Gasteiger partial charge in [-0.05, 0) is 0 Å². The summed E-state index contributed by atoms with van der Waals surface area (Å²) in [5, 5.41) is 7.39. The smallest absolute Gasteiger partial charge is 0.273 e. The Morgan fingerprint density at radius 3 is 2.64 bits per heavy atom. The first kappa shape index (κ1) is 10.7. The van der Waals surface area contributed by atoms with Crippen LogP contribution in [0.5, 0.6) is 5.75 Å². The Balaban J connectivity index is 3.06. The summed E-state index contributed by atoms with van der Waals surface area (Å²) in [6.07, 6.45) is 0. The van der Waals surface area contributed by atoms with Gasteiger partial charge >= 0.3 is 0 Å². The summed E-state index contributed by atoms with van der Waals surface area (Å²) in [7, 11) is 4.71. The molecule has 0 unspecified atom stereocenters. The van der Waals surface area contributed by atoms with Crippen LogP contribution in [0.15, 0.2) is 6.07 Å². The highest BCUT2D eigenvalue weighted by molar-refractivity contribution is 6.30. The van der Waals surface area contributed by atoms with Crippen molar-refractivity contribution in [2.75, 3.05) is 21.2 Å². The highest BCUT2D eigenvalue weighted by Gasteiger charge is 2.13. The minimum absolute atomic E-state index is 0.141. The second-order valence-electron chi connectivity index (χ2n) is 2.79. The van der Waals surface area contributed by atoms with Crippen LogP contribution < -0.4 is 4.74 Å². The van der Waals surface area contributed by atoms with Gasteiger partial charge < -0.3 is 9.64 Å². The van der Waals surface area contributed by atoms with Crippen LogP contribution in [0.3, 0.4) is 0 Å². The van der Waals surface area contributed by atoms with Crippen LogP contribution in [0.2, 0.25) is 5.15 Å². The van der Waals surface area contributed by atoms with Crippen molar-refractivity contribution in [3.05, 3.63) is 16.9 Å². The number of ether oxygens (including phenoxy) is 1. The fourth-order valence-corrected chi connectivity index (χ4v) is 1.01. The van der Waals surface area contributed by atoms with Crippen LogP contribution >= 0.6 is 11.6 Å². The summed E-state index contributed by atoms with van der Waals surface area (Å²) in [6.45, 7) is 0. The van der Waals surface area contributed by atoms with Crippen LogP contribution in [0, 0.1) is 0 Å². The van der Waals surface area contributed by atoms with Crippen LogP contribution in [0.4, 0.5) is 0 Å². The van der Waals surface area contributed by atoms with Gasteiger partial charge in [0.25, 0.3) is 5.91 Å². The molecule has 0 saturated heterocycles. The van der Waals surface area contributed by atoms with E-state index >= 15 is 0 Å². The summed E-state index contributed by atoms with van der Waals surface area (Å²) in [5.74, 6) is 0.0966. The summed E-state index contributed by atoms with van der Waals surface area (Å²) >= 11 is 5.66. The van der Waals surface area contributed by atoms with Gasteiger partial charge in [0.15, 0.2) is 16.6 Å². The van der Waals surface area contributed by atoms with E-state index < -0.39 is 0 Å². The molecule has 0 aliphatic carbocycles. The molecule has 76 valence electrons. The van der Waals surface area contributed by atoms with Crippen molar-refractivity contribution in [1.82, 2.24) is 15.1 Å². The third-order valence-electron chi connectivity index (χ3n) is 1.56. The Morgan fingerprint density at radius 2 is 2.14 bits per heavy atom. The summed E-state index contributed by atoms with van der Waals surface area (Å²) in [5.41, 5.74) is 0.205. The van der Waals surface area contributed by atoms with E-state index in [0.29, 0.717) is 5.75 Å². The molecule has 0 bridgehead atoms. The number of aromatic nitrogens is 2. The maximum absolute atomic E-state index is 11.4. The number of hydrogen-bond acceptors (Lipinski definition) is 4. The monoisotopic (exact) mass is 215 g/mol. The third-order valence-corrected chi connectivity index (χ3v) is 1.82. The predicted molar refractivity (Wildman–Crippen MR) is 51.6 cm³/mol. The number of rotatable bonds is 2. The van der Waals surface area contributed by atoms with Crippen LogP contribution in [-0.2, 0) is 0 Å². The lowest BCUT2D eigenvalue weighted by Gasteiger charge is -2.09. The maximum atomic E-state index is 11.4. The fraction of sp³-hybridized carbons (Fsp3) is 0.375. The molecule has 0 fully saturated rings. The molecule has 0 N–H and O–H groups in total. The van der Waals surface area contributed by atoms with E-state index in [9.17, 15) is 4.79 Å². The lowest BCUT2D eigenvalue weighted by Crippen LogP contribution is -2.23. The molecule has 0 aliphatic rings. The molecule has 0 radical (unpaired) electrons. The van der Waals surface area contributed by atoms with Gasteiger partial charge in [0.05, 0.1) is 7.11 Å². The molecule has 0 aromatic carbocycles. The topological polar surface area (TPSA) is 55.3 Å². The van der Waals surface area contributed by atoms with Gasteiger partial charge in [0, 0.05) is 20.2 Å². The van der Waals surface area contributed by atoms with Gasteiger partial charge in [-0.15, -0.1) is 10.2 Å². The summed E-state index contributed by atoms with van der Waals surface area (Å²) in [4.78, 5) is 12.8. The molecule has 5 nitrogen and oxygen atoms in total. The zero-order valence-electron chi connectivity index (χ0n) is 8.11. The first-order chi connectivity index (χ1) is 6.56. The zero-order chi connectivity index (χ0) is 10.7. The number of amides is 1. The van der Waals surface area contributed by atoms with Gasteiger partial charge in [-0.3, -0.25) is 4.79 Å². The molecule has 0 atom stereocenters. The molecule has 14 heavy (non-hydrogen) atoms. The second-order valence-corrected chi connectivity index (χ2v) is 3.15. The van der Waals surface area contributed by atoms with E-state index in [0.717, 1.165) is 0 Å². The third kappa shape index (κ3) is 2.11. The number of carbonyl (C=O) groups is 1. The quantitative estimate of drug-likeness (QED) is 0.734. The normalized spacial score (nSPS) is 9.71. The van der Waals surface area contributed by atoms with Crippen molar-refractivity contribution in [3.8, 4) is 5.75 Å². The first-order valence-corrected chi connectivity index (χ1v) is 4.23. The van der Waals surface area contributed by atoms with Gasteiger partial charge in [-0.1, -0.05) is 11.6 Å². The highest BCUT2D eigenvalue weighted by atomic mass is 35.5. The minimum Gasteiger partial charge on any atom is -0.493 e. The van der Waals surface area contributed by atoms with E-state index in [1.807, 2.05) is 0 Å². The van der Waals surface area contributed by atoms with Crippen molar-refractivity contribution in [2.45, 2.75) is 0 Å². The average Bonchev–Trinajstić information content (AvgIpc) is 2.17. The lowest BCUT2D eigenvalue weighted by molar-refractivity contribution is 0.0820. The average molecular weight is 216 g/mol. The van der Waals surface area contributed by atoms with Crippen molar-refractivity contribution in [2.24, 2.45) is 0 Å². The first-order valence-electron chi connectivity index (χ1n) is 3.85. The van der Waals surface area contributed by atoms with E-state index in [1.165, 1.54) is 18.1 Å². The molecule has 1 heterocycles. The molecular formula is C8H10ClN3O2. The SMILES string of the molecule is COc1cc(C(=O)N(C)C)nnc1Cl. The van der Waals surface area contributed by atoms with Gasteiger partial charge in [-0.2, -0.15) is 0 Å². The number of nitrogens with zero attached hydrogens (tertiary/aromatic N) is 3. The molecule has 1 amide bonds. The molecule has 0 spiro atoms. The zero-order valence-corrected chi connectivity index (χ0v) is 8.87. The minimum atomic E-state index is -0.243. The molecular weight excluding hydrogens is 206 g/mol. The molecule has 0 saturated carbocycles. The number of halogens is 1. The van der Waals surface area contributed by atoms with Gasteiger partial charge in [0.1, 0.15) is 0 Å². The Labute approximate surface area is 86.6 Å². The lowest BCUT2D eigenvalue weighted by atomic mass is 10.3. The Bertz CT molecular complexity index is 354. The summed E-state index contributed by atoms with van der Waals surface area (Å²) < 4.78 is 4.91. The van der Waals surface area contributed by atoms with Crippen molar-refractivity contribution < 1.29 is 9.53 Å². The molecule has 1 rings (SSSR count). The number of hydrogen-bond donors (Lipinski definition) is 0. The molecule has 1 aromatic heterocycles. The number of methoxy groups -OCH3 is 1.